The van der Waals surface area contributed by atoms with Crippen molar-refractivity contribution in [2.75, 3.05) is 32.8 Å². The summed E-state index contributed by atoms with van der Waals surface area (Å²) in [5.41, 5.74) is 1.23. The Bertz CT molecular complexity index is 633. The number of carbonyl (C=O) groups is 1. The Balaban J connectivity index is 1.76. The topological polar surface area (TPSA) is 76.0 Å². The van der Waals surface area contributed by atoms with Crippen LogP contribution in [0.4, 0.5) is 0 Å². The van der Waals surface area contributed by atoms with Gasteiger partial charge < -0.3 is 14.9 Å². The summed E-state index contributed by atoms with van der Waals surface area (Å²) in [6.07, 6.45) is 5.87. The van der Waals surface area contributed by atoms with E-state index in [1.807, 2.05) is 38.1 Å². The Morgan fingerprint density at radius 2 is 2.26 bits per heavy atom. The lowest BCUT2D eigenvalue weighted by atomic mass is 10.1. The van der Waals surface area contributed by atoms with Crippen molar-refractivity contribution in [3.63, 3.8) is 0 Å². The van der Waals surface area contributed by atoms with Crippen LogP contribution in [0.25, 0.3) is 0 Å². The Morgan fingerprint density at radius 1 is 1.41 bits per heavy atom. The second-order valence-electron chi connectivity index (χ2n) is 6.47. The molecular weight excluding hydrogens is 344 g/mol. The van der Waals surface area contributed by atoms with Crippen LogP contribution >= 0.6 is 0 Å². The fraction of sp³-hybridized carbons (Fsp3) is 0.550. The fourth-order valence-electron chi connectivity index (χ4n) is 2.75. The van der Waals surface area contributed by atoms with Crippen LogP contribution < -0.4 is 5.32 Å². The van der Waals surface area contributed by atoms with E-state index in [2.05, 4.69) is 27.3 Å². The molecule has 0 radical (unpaired) electrons. The van der Waals surface area contributed by atoms with Gasteiger partial charge in [-0.05, 0) is 44.7 Å². The SMILES string of the molecule is CCOCCN(CC)CC1C=CC(C(=O)NC(C)Cc2ccccn2)=NO1. The lowest BCUT2D eigenvalue weighted by molar-refractivity contribution is -0.115. The Labute approximate surface area is 161 Å². The minimum Gasteiger partial charge on any atom is -0.386 e. The highest BCUT2D eigenvalue weighted by molar-refractivity contribution is 6.43. The molecule has 0 fully saturated rings. The molecule has 1 aromatic heterocycles. The molecule has 0 saturated carbocycles. The van der Waals surface area contributed by atoms with Gasteiger partial charge in [0, 0.05) is 44.0 Å². The zero-order valence-corrected chi connectivity index (χ0v) is 16.4. The van der Waals surface area contributed by atoms with Gasteiger partial charge >= 0.3 is 0 Å². The van der Waals surface area contributed by atoms with Crippen LogP contribution in [0, 0.1) is 0 Å². The molecule has 7 nitrogen and oxygen atoms in total. The summed E-state index contributed by atoms with van der Waals surface area (Å²) in [6.45, 7) is 9.93. The van der Waals surface area contributed by atoms with E-state index in [4.69, 9.17) is 9.57 Å². The molecular formula is C20H30N4O3. The average molecular weight is 374 g/mol. The van der Waals surface area contributed by atoms with Gasteiger partial charge in [0.15, 0.2) is 11.8 Å². The van der Waals surface area contributed by atoms with E-state index in [9.17, 15) is 4.79 Å². The number of oxime groups is 1. The van der Waals surface area contributed by atoms with Crippen LogP contribution in [-0.4, -0.2) is 66.5 Å². The number of likely N-dealkylation sites (N-methyl/N-ethyl adjacent to an activating group) is 1. The van der Waals surface area contributed by atoms with Crippen LogP contribution in [0.5, 0.6) is 0 Å². The van der Waals surface area contributed by atoms with Crippen LogP contribution in [0.2, 0.25) is 0 Å². The van der Waals surface area contributed by atoms with Crippen molar-refractivity contribution in [3.05, 3.63) is 42.2 Å². The fourth-order valence-corrected chi connectivity index (χ4v) is 2.75. The highest BCUT2D eigenvalue weighted by Gasteiger charge is 2.20. The first-order chi connectivity index (χ1) is 13.1. The molecule has 1 aliphatic heterocycles. The molecule has 2 rings (SSSR count). The third-order valence-electron chi connectivity index (χ3n) is 4.25. The number of hydrogen-bond donors (Lipinski definition) is 1. The predicted molar refractivity (Wildman–Crippen MR) is 106 cm³/mol. The van der Waals surface area contributed by atoms with Crippen molar-refractivity contribution in [2.24, 2.45) is 5.16 Å². The van der Waals surface area contributed by atoms with Crippen molar-refractivity contribution in [2.45, 2.75) is 39.3 Å². The number of nitrogens with one attached hydrogen (secondary N) is 1. The molecule has 0 saturated heterocycles. The van der Waals surface area contributed by atoms with Crippen molar-refractivity contribution >= 4 is 11.6 Å². The largest absolute Gasteiger partial charge is 0.386 e. The van der Waals surface area contributed by atoms with Gasteiger partial charge in [0.05, 0.1) is 6.61 Å². The summed E-state index contributed by atoms with van der Waals surface area (Å²) in [4.78, 5) is 24.3. The monoisotopic (exact) mass is 374 g/mol. The second kappa shape index (κ2) is 11.5. The van der Waals surface area contributed by atoms with Gasteiger partial charge in [-0.1, -0.05) is 18.1 Å². The first kappa shape index (κ1) is 21.1. The van der Waals surface area contributed by atoms with E-state index in [0.717, 1.165) is 25.4 Å². The van der Waals surface area contributed by atoms with Gasteiger partial charge in [-0.2, -0.15) is 0 Å². The molecule has 0 bridgehead atoms. The summed E-state index contributed by atoms with van der Waals surface area (Å²) in [5.74, 6) is -0.239. The molecule has 1 N–H and O–H groups in total. The van der Waals surface area contributed by atoms with Crippen LogP contribution in [-0.2, 0) is 20.8 Å². The lowest BCUT2D eigenvalue weighted by Gasteiger charge is -2.25. The van der Waals surface area contributed by atoms with E-state index in [1.165, 1.54) is 0 Å². The van der Waals surface area contributed by atoms with Gasteiger partial charge in [0.25, 0.3) is 5.91 Å². The van der Waals surface area contributed by atoms with E-state index < -0.39 is 0 Å². The molecule has 1 amide bonds. The molecule has 0 aliphatic carbocycles. The summed E-state index contributed by atoms with van der Waals surface area (Å²) < 4.78 is 5.40. The molecule has 1 aliphatic rings. The number of rotatable bonds is 11. The van der Waals surface area contributed by atoms with E-state index >= 15 is 0 Å². The van der Waals surface area contributed by atoms with Crippen molar-refractivity contribution < 1.29 is 14.4 Å². The van der Waals surface area contributed by atoms with Gasteiger partial charge in [0.1, 0.15) is 0 Å². The average Bonchev–Trinajstić information content (AvgIpc) is 2.68. The van der Waals surface area contributed by atoms with Gasteiger partial charge in [0.2, 0.25) is 0 Å². The number of pyridine rings is 1. The minimum atomic E-state index is -0.239. The third kappa shape index (κ3) is 7.48. The minimum absolute atomic E-state index is 0.0460. The first-order valence-corrected chi connectivity index (χ1v) is 9.55. The van der Waals surface area contributed by atoms with Crippen molar-refractivity contribution in [3.8, 4) is 0 Å². The number of carbonyl (C=O) groups excluding carboxylic acids is 1. The molecule has 2 unspecified atom stereocenters. The maximum absolute atomic E-state index is 12.3. The van der Waals surface area contributed by atoms with Crippen LogP contribution in [0.1, 0.15) is 26.5 Å². The summed E-state index contributed by atoms with van der Waals surface area (Å²) in [7, 11) is 0. The number of hydrogen-bond acceptors (Lipinski definition) is 6. The van der Waals surface area contributed by atoms with E-state index in [1.54, 1.807) is 12.3 Å². The number of ether oxygens (including phenoxy) is 1. The number of aromatic nitrogens is 1. The molecule has 27 heavy (non-hydrogen) atoms. The standard InChI is InChI=1S/C20H30N4O3/c1-4-24(12-13-26-5-2)15-18-9-10-19(23-27-18)20(25)22-16(3)14-17-8-6-7-11-21-17/h6-11,16,18H,4-5,12-15H2,1-3H3,(H,22,25). The molecule has 1 aromatic rings. The highest BCUT2D eigenvalue weighted by Crippen LogP contribution is 2.07. The summed E-state index contributed by atoms with van der Waals surface area (Å²) in [5, 5.41) is 6.93. The Morgan fingerprint density at radius 3 is 2.89 bits per heavy atom. The Hall–Kier alpha value is -2.25. The number of nitrogens with zero attached hydrogens (tertiary/aromatic N) is 3. The molecule has 7 heteroatoms. The van der Waals surface area contributed by atoms with Gasteiger partial charge in [-0.25, -0.2) is 0 Å². The van der Waals surface area contributed by atoms with Crippen LogP contribution in [0.15, 0.2) is 41.7 Å². The molecule has 0 spiro atoms. The zero-order valence-electron chi connectivity index (χ0n) is 16.4. The van der Waals surface area contributed by atoms with Gasteiger partial charge in [-0.15, -0.1) is 0 Å². The normalized spacial score (nSPS) is 17.3. The second-order valence-corrected chi connectivity index (χ2v) is 6.47. The molecule has 148 valence electrons. The molecule has 2 heterocycles. The highest BCUT2D eigenvalue weighted by atomic mass is 16.6. The maximum atomic E-state index is 12.3. The quantitative estimate of drug-likeness (QED) is 0.598. The van der Waals surface area contributed by atoms with E-state index in [0.29, 0.717) is 19.6 Å². The summed E-state index contributed by atoms with van der Waals surface area (Å²) in [6, 6.07) is 5.71. The number of amides is 1. The lowest BCUT2D eigenvalue weighted by Crippen LogP contribution is -2.40. The summed E-state index contributed by atoms with van der Waals surface area (Å²) >= 11 is 0. The maximum Gasteiger partial charge on any atom is 0.273 e. The molecule has 0 aromatic carbocycles. The third-order valence-corrected chi connectivity index (χ3v) is 4.25. The van der Waals surface area contributed by atoms with Crippen LogP contribution in [0.3, 0.4) is 0 Å². The van der Waals surface area contributed by atoms with Crippen molar-refractivity contribution in [1.29, 1.82) is 0 Å². The predicted octanol–water partition coefficient (Wildman–Crippen LogP) is 1.80. The smallest absolute Gasteiger partial charge is 0.273 e. The molecule has 2 atom stereocenters. The van der Waals surface area contributed by atoms with Gasteiger partial charge in [-0.3, -0.25) is 14.7 Å². The first-order valence-electron chi connectivity index (χ1n) is 9.55. The van der Waals surface area contributed by atoms with Crippen molar-refractivity contribution in [1.82, 2.24) is 15.2 Å². The Kier molecular flexibility index (Phi) is 8.94. The zero-order chi connectivity index (χ0) is 19.5. The van der Waals surface area contributed by atoms with E-state index in [-0.39, 0.29) is 23.8 Å².